The third-order valence-corrected chi connectivity index (χ3v) is 2.52. The van der Waals surface area contributed by atoms with Gasteiger partial charge >= 0.3 is 0 Å². The maximum atomic E-state index is 5.33. The minimum absolute atomic E-state index is 0.580. The van der Waals surface area contributed by atoms with E-state index in [4.69, 9.17) is 9.47 Å². The highest BCUT2D eigenvalue weighted by molar-refractivity contribution is 9.10. The van der Waals surface area contributed by atoms with E-state index in [1.165, 1.54) is 0 Å². The minimum atomic E-state index is 0.580. The zero-order valence-electron chi connectivity index (χ0n) is 9.99. The van der Waals surface area contributed by atoms with E-state index in [0.29, 0.717) is 32.3 Å². The Morgan fingerprint density at radius 3 is 2.88 bits per heavy atom. The van der Waals surface area contributed by atoms with E-state index in [2.05, 4.69) is 36.5 Å². The van der Waals surface area contributed by atoms with Crippen molar-refractivity contribution in [3.05, 3.63) is 10.7 Å². The van der Waals surface area contributed by atoms with Gasteiger partial charge in [0.1, 0.15) is 5.82 Å². The molecule has 0 atom stereocenters. The molecule has 2 N–H and O–H groups in total. The van der Waals surface area contributed by atoms with Gasteiger partial charge in [-0.15, -0.1) is 0 Å². The molecule has 0 spiro atoms. The molecule has 1 rings (SSSR count). The molecule has 0 radical (unpaired) electrons. The van der Waals surface area contributed by atoms with Crippen LogP contribution in [-0.2, 0) is 9.47 Å². The summed E-state index contributed by atoms with van der Waals surface area (Å²) in [6, 6.07) is 0. The highest BCUT2D eigenvalue weighted by Crippen LogP contribution is 2.19. The lowest BCUT2D eigenvalue weighted by molar-refractivity contribution is 0.0759. The monoisotopic (exact) mass is 304 g/mol. The van der Waals surface area contributed by atoms with Gasteiger partial charge in [0.05, 0.1) is 24.3 Å². The summed E-state index contributed by atoms with van der Waals surface area (Å²) in [5.74, 6) is 1.33. The second-order valence-corrected chi connectivity index (χ2v) is 4.03. The molecule has 1 aromatic rings. The molecule has 0 aliphatic heterocycles. The van der Waals surface area contributed by atoms with Crippen molar-refractivity contribution in [3.8, 4) is 0 Å². The van der Waals surface area contributed by atoms with Crippen molar-refractivity contribution in [2.24, 2.45) is 0 Å². The molecule has 0 saturated carbocycles. The van der Waals surface area contributed by atoms with Crippen LogP contribution in [0, 0.1) is 0 Å². The Morgan fingerprint density at radius 2 is 2.18 bits per heavy atom. The first kappa shape index (κ1) is 14.1. The number of anilines is 2. The third kappa shape index (κ3) is 5.29. The van der Waals surface area contributed by atoms with Crippen LogP contribution in [0.3, 0.4) is 0 Å². The predicted molar refractivity (Wildman–Crippen MR) is 70.5 cm³/mol. The molecule has 0 saturated heterocycles. The number of hydrogen-bond donors (Lipinski definition) is 2. The molecule has 7 heteroatoms. The summed E-state index contributed by atoms with van der Waals surface area (Å²) in [5, 5.41) is 6.04. The summed E-state index contributed by atoms with van der Waals surface area (Å²) in [7, 11) is 3.43. The van der Waals surface area contributed by atoms with Crippen LogP contribution in [0.25, 0.3) is 0 Å². The fourth-order valence-electron chi connectivity index (χ4n) is 1.10. The van der Waals surface area contributed by atoms with Crippen molar-refractivity contribution in [3.63, 3.8) is 0 Å². The van der Waals surface area contributed by atoms with E-state index >= 15 is 0 Å². The number of ether oxygens (including phenoxy) is 2. The number of hydrogen-bond acceptors (Lipinski definition) is 6. The molecule has 0 aliphatic rings. The van der Waals surface area contributed by atoms with Crippen LogP contribution in [0.5, 0.6) is 0 Å². The Morgan fingerprint density at radius 1 is 1.35 bits per heavy atom. The average molecular weight is 305 g/mol. The van der Waals surface area contributed by atoms with E-state index in [0.717, 1.165) is 10.3 Å². The molecule has 0 aliphatic carbocycles. The van der Waals surface area contributed by atoms with Crippen molar-refractivity contribution in [2.45, 2.75) is 0 Å². The lowest BCUT2D eigenvalue weighted by atomic mass is 10.5. The van der Waals surface area contributed by atoms with Crippen molar-refractivity contribution in [2.75, 3.05) is 51.2 Å². The maximum absolute atomic E-state index is 5.33. The smallest absolute Gasteiger partial charge is 0.224 e. The molecule has 0 amide bonds. The van der Waals surface area contributed by atoms with Gasteiger partial charge in [0.15, 0.2) is 0 Å². The van der Waals surface area contributed by atoms with Gasteiger partial charge in [-0.2, -0.15) is 4.98 Å². The molecular formula is C10H17BrN4O2. The van der Waals surface area contributed by atoms with Gasteiger partial charge in [-0.05, 0) is 15.9 Å². The molecule has 6 nitrogen and oxygen atoms in total. The van der Waals surface area contributed by atoms with Crippen molar-refractivity contribution in [1.82, 2.24) is 9.97 Å². The van der Waals surface area contributed by atoms with E-state index in [1.54, 1.807) is 20.4 Å². The van der Waals surface area contributed by atoms with Crippen molar-refractivity contribution < 1.29 is 9.47 Å². The van der Waals surface area contributed by atoms with Crippen LogP contribution >= 0.6 is 15.9 Å². The summed E-state index contributed by atoms with van der Waals surface area (Å²) >= 11 is 3.38. The molecule has 0 bridgehead atoms. The molecule has 0 unspecified atom stereocenters. The van der Waals surface area contributed by atoms with Gasteiger partial charge < -0.3 is 20.1 Å². The Balaban J connectivity index is 2.30. The Bertz CT molecular complexity index is 338. The van der Waals surface area contributed by atoms with Gasteiger partial charge in [0, 0.05) is 26.9 Å². The van der Waals surface area contributed by atoms with Gasteiger partial charge in [-0.3, -0.25) is 0 Å². The minimum Gasteiger partial charge on any atom is -0.382 e. The first-order valence-electron chi connectivity index (χ1n) is 5.28. The van der Waals surface area contributed by atoms with Gasteiger partial charge in [0.2, 0.25) is 5.95 Å². The Kier molecular flexibility index (Phi) is 6.83. The highest BCUT2D eigenvalue weighted by atomic mass is 79.9. The fraction of sp³-hybridized carbons (Fsp3) is 0.600. The fourth-order valence-corrected chi connectivity index (χ4v) is 1.43. The van der Waals surface area contributed by atoms with E-state index in [9.17, 15) is 0 Å². The van der Waals surface area contributed by atoms with Crippen LogP contribution in [0.15, 0.2) is 10.7 Å². The molecular weight excluding hydrogens is 288 g/mol. The average Bonchev–Trinajstić information content (AvgIpc) is 2.35. The van der Waals surface area contributed by atoms with Crippen molar-refractivity contribution >= 4 is 27.7 Å². The molecule has 1 heterocycles. The number of nitrogens with one attached hydrogen (secondary N) is 2. The van der Waals surface area contributed by atoms with E-state index < -0.39 is 0 Å². The topological polar surface area (TPSA) is 68.3 Å². The van der Waals surface area contributed by atoms with Crippen LogP contribution < -0.4 is 10.6 Å². The van der Waals surface area contributed by atoms with Gasteiger partial charge in [-0.25, -0.2) is 4.98 Å². The van der Waals surface area contributed by atoms with Gasteiger partial charge in [-0.1, -0.05) is 0 Å². The standard InChI is InChI=1S/C10H17BrN4O2/c1-12-10-14-7-8(11)9(15-10)13-3-4-17-6-5-16-2/h7H,3-6H2,1-2H3,(H2,12,13,14,15). The van der Waals surface area contributed by atoms with E-state index in [-0.39, 0.29) is 0 Å². The quantitative estimate of drug-likeness (QED) is 0.707. The lowest BCUT2D eigenvalue weighted by Gasteiger charge is -2.09. The Hall–Kier alpha value is -0.920. The maximum Gasteiger partial charge on any atom is 0.224 e. The summed E-state index contributed by atoms with van der Waals surface area (Å²) in [4.78, 5) is 8.33. The molecule has 17 heavy (non-hydrogen) atoms. The van der Waals surface area contributed by atoms with Crippen molar-refractivity contribution in [1.29, 1.82) is 0 Å². The predicted octanol–water partition coefficient (Wildman–Crippen LogP) is 1.36. The zero-order valence-corrected chi connectivity index (χ0v) is 11.6. The number of methoxy groups -OCH3 is 1. The first-order chi connectivity index (χ1) is 8.27. The molecule has 0 fully saturated rings. The number of nitrogens with zero attached hydrogens (tertiary/aromatic N) is 2. The van der Waals surface area contributed by atoms with E-state index in [1.807, 2.05) is 0 Å². The number of halogens is 1. The van der Waals surface area contributed by atoms with Crippen LogP contribution in [0.1, 0.15) is 0 Å². The number of rotatable bonds is 8. The summed E-state index contributed by atoms with van der Waals surface area (Å²) in [6.45, 7) is 2.50. The summed E-state index contributed by atoms with van der Waals surface area (Å²) in [5.41, 5.74) is 0. The molecule has 96 valence electrons. The largest absolute Gasteiger partial charge is 0.382 e. The molecule has 1 aromatic heterocycles. The second-order valence-electron chi connectivity index (χ2n) is 3.17. The zero-order chi connectivity index (χ0) is 12.5. The Labute approximate surface area is 109 Å². The highest BCUT2D eigenvalue weighted by Gasteiger charge is 2.02. The lowest BCUT2D eigenvalue weighted by Crippen LogP contribution is -2.13. The SMILES string of the molecule is CNc1ncc(Br)c(NCCOCCOC)n1. The second kappa shape index (κ2) is 8.21. The normalized spacial score (nSPS) is 10.3. The van der Waals surface area contributed by atoms with Crippen LogP contribution in [0.4, 0.5) is 11.8 Å². The van der Waals surface area contributed by atoms with Crippen LogP contribution in [0.2, 0.25) is 0 Å². The van der Waals surface area contributed by atoms with Crippen LogP contribution in [-0.4, -0.2) is 50.5 Å². The first-order valence-corrected chi connectivity index (χ1v) is 6.08. The van der Waals surface area contributed by atoms with Gasteiger partial charge in [0.25, 0.3) is 0 Å². The molecule has 0 aromatic carbocycles. The number of aromatic nitrogens is 2. The third-order valence-electron chi connectivity index (χ3n) is 1.94. The summed E-state index contributed by atoms with van der Waals surface area (Å²) < 4.78 is 11.0. The summed E-state index contributed by atoms with van der Waals surface area (Å²) in [6.07, 6.45) is 1.70.